The van der Waals surface area contributed by atoms with E-state index in [2.05, 4.69) is 11.8 Å². The molecule has 0 bridgehead atoms. The van der Waals surface area contributed by atoms with E-state index in [0.717, 1.165) is 0 Å². The Bertz CT molecular complexity index is 616. The number of sulfonamides is 1. The molecule has 1 aliphatic rings. The summed E-state index contributed by atoms with van der Waals surface area (Å²) in [5, 5.41) is 8.58. The lowest BCUT2D eigenvalue weighted by Crippen LogP contribution is -2.25. The zero-order valence-electron chi connectivity index (χ0n) is 9.56. The van der Waals surface area contributed by atoms with Crippen LogP contribution < -0.4 is 4.31 Å². The lowest BCUT2D eigenvalue weighted by Gasteiger charge is -2.17. The van der Waals surface area contributed by atoms with Crippen LogP contribution >= 0.6 is 0 Å². The van der Waals surface area contributed by atoms with Gasteiger partial charge in [-0.3, -0.25) is 4.31 Å². The Morgan fingerprint density at radius 3 is 2.83 bits per heavy atom. The van der Waals surface area contributed by atoms with Crippen molar-refractivity contribution in [2.45, 2.75) is 6.42 Å². The number of anilines is 1. The molecule has 0 unspecified atom stereocenters. The minimum Gasteiger partial charge on any atom is -0.384 e. The molecule has 2 rings (SSSR count). The number of hydrogen-bond donors (Lipinski definition) is 1. The van der Waals surface area contributed by atoms with Gasteiger partial charge in [-0.15, -0.1) is 0 Å². The monoisotopic (exact) mass is 269 g/mol. The van der Waals surface area contributed by atoms with Crippen molar-refractivity contribution >= 4 is 15.7 Å². The maximum atomic E-state index is 13.4. The fraction of sp³-hybridized carbons (Fsp3) is 0.333. The summed E-state index contributed by atoms with van der Waals surface area (Å²) in [7, 11) is -3.28. The van der Waals surface area contributed by atoms with E-state index in [0.29, 0.717) is 18.7 Å². The predicted octanol–water partition coefficient (Wildman–Crippen LogP) is 0.709. The number of halogens is 1. The molecule has 1 aliphatic heterocycles. The van der Waals surface area contributed by atoms with Gasteiger partial charge < -0.3 is 5.11 Å². The van der Waals surface area contributed by atoms with E-state index in [9.17, 15) is 12.8 Å². The van der Waals surface area contributed by atoms with Gasteiger partial charge in [0.2, 0.25) is 10.0 Å². The third-order valence-corrected chi connectivity index (χ3v) is 4.51. The average Bonchev–Trinajstić information content (AvgIpc) is 2.68. The largest absolute Gasteiger partial charge is 0.384 e. The van der Waals surface area contributed by atoms with Crippen LogP contribution in [0.3, 0.4) is 0 Å². The maximum absolute atomic E-state index is 13.4. The predicted molar refractivity (Wildman–Crippen MR) is 66.1 cm³/mol. The number of rotatable bonds is 1. The van der Waals surface area contributed by atoms with E-state index in [-0.39, 0.29) is 17.9 Å². The molecule has 1 saturated heterocycles. The minimum absolute atomic E-state index is 0.0867. The summed E-state index contributed by atoms with van der Waals surface area (Å²) in [6.07, 6.45) is 0.567. The quantitative estimate of drug-likeness (QED) is 0.764. The molecular weight excluding hydrogens is 257 g/mol. The van der Waals surface area contributed by atoms with Gasteiger partial charge >= 0.3 is 0 Å². The summed E-state index contributed by atoms with van der Waals surface area (Å²) < 4.78 is 38.1. The fourth-order valence-corrected chi connectivity index (χ4v) is 3.38. The highest BCUT2D eigenvalue weighted by Crippen LogP contribution is 2.25. The van der Waals surface area contributed by atoms with Gasteiger partial charge in [0.05, 0.1) is 17.0 Å². The first-order valence-corrected chi connectivity index (χ1v) is 7.05. The van der Waals surface area contributed by atoms with Crippen LogP contribution in [0.25, 0.3) is 0 Å². The highest BCUT2D eigenvalue weighted by atomic mass is 32.2. The van der Waals surface area contributed by atoms with Gasteiger partial charge in [0, 0.05) is 6.54 Å². The van der Waals surface area contributed by atoms with Crippen molar-refractivity contribution in [3.8, 4) is 11.8 Å². The lowest BCUT2D eigenvalue weighted by molar-refractivity contribution is 0.350. The van der Waals surface area contributed by atoms with E-state index in [1.807, 2.05) is 0 Å². The van der Waals surface area contributed by atoms with Crippen molar-refractivity contribution in [3.63, 3.8) is 0 Å². The molecule has 1 fully saturated rings. The van der Waals surface area contributed by atoms with Crippen LogP contribution in [0.4, 0.5) is 10.1 Å². The van der Waals surface area contributed by atoms with Crippen molar-refractivity contribution in [2.24, 2.45) is 0 Å². The molecule has 1 N–H and O–H groups in total. The molecule has 0 spiro atoms. The van der Waals surface area contributed by atoms with Gasteiger partial charge in [0.25, 0.3) is 0 Å². The molecule has 0 atom stereocenters. The second-order valence-corrected chi connectivity index (χ2v) is 5.88. The Labute approximate surface area is 105 Å². The first-order valence-electron chi connectivity index (χ1n) is 5.44. The molecule has 6 heteroatoms. The third kappa shape index (κ3) is 2.47. The average molecular weight is 269 g/mol. The number of nitrogens with zero attached hydrogens (tertiary/aromatic N) is 1. The first kappa shape index (κ1) is 12.9. The summed E-state index contributed by atoms with van der Waals surface area (Å²) >= 11 is 0. The molecule has 0 aliphatic carbocycles. The Morgan fingerprint density at radius 1 is 1.44 bits per heavy atom. The zero-order valence-corrected chi connectivity index (χ0v) is 10.4. The van der Waals surface area contributed by atoms with E-state index in [1.165, 1.54) is 22.5 Å². The minimum atomic E-state index is -3.28. The second-order valence-electron chi connectivity index (χ2n) is 3.87. The van der Waals surface area contributed by atoms with E-state index < -0.39 is 15.8 Å². The molecule has 96 valence electrons. The Hall–Kier alpha value is -1.58. The lowest BCUT2D eigenvalue weighted by atomic mass is 10.2. The van der Waals surface area contributed by atoms with Gasteiger partial charge in [-0.25, -0.2) is 12.8 Å². The highest BCUT2D eigenvalue weighted by molar-refractivity contribution is 7.93. The van der Waals surface area contributed by atoms with E-state index in [1.54, 1.807) is 0 Å². The Kier molecular flexibility index (Phi) is 3.55. The van der Waals surface area contributed by atoms with Gasteiger partial charge in [-0.05, 0) is 24.6 Å². The molecule has 0 aromatic heterocycles. The Balaban J connectivity index is 2.41. The number of aliphatic hydroxyl groups excluding tert-OH is 1. The number of aliphatic hydroxyl groups is 1. The smallest absolute Gasteiger partial charge is 0.235 e. The SMILES string of the molecule is O=S1(=O)CCCN1c1ccc(F)c(C#CCO)c1. The molecule has 4 nitrogen and oxygen atoms in total. The molecule has 0 radical (unpaired) electrons. The summed E-state index contributed by atoms with van der Waals surface area (Å²) in [5.41, 5.74) is 0.500. The van der Waals surface area contributed by atoms with Crippen molar-refractivity contribution < 1.29 is 17.9 Å². The fourth-order valence-electron chi connectivity index (χ4n) is 1.83. The van der Waals surface area contributed by atoms with Crippen molar-refractivity contribution in [2.75, 3.05) is 23.2 Å². The molecule has 0 amide bonds. The Morgan fingerprint density at radius 2 is 2.22 bits per heavy atom. The van der Waals surface area contributed by atoms with Crippen LogP contribution in [0.5, 0.6) is 0 Å². The van der Waals surface area contributed by atoms with Crippen LogP contribution in [-0.2, 0) is 10.0 Å². The van der Waals surface area contributed by atoms with Gasteiger partial charge in [0.15, 0.2) is 0 Å². The van der Waals surface area contributed by atoms with Crippen LogP contribution in [-0.4, -0.2) is 32.4 Å². The summed E-state index contributed by atoms with van der Waals surface area (Å²) in [4.78, 5) is 0. The number of benzene rings is 1. The van der Waals surface area contributed by atoms with Gasteiger partial charge in [-0.1, -0.05) is 11.8 Å². The molecule has 1 heterocycles. The standard InChI is InChI=1S/C12H12FNO3S/c13-12-5-4-11(9-10(12)3-1-7-15)14-6-2-8-18(14,16)17/h4-5,9,15H,2,6-8H2. The summed E-state index contributed by atoms with van der Waals surface area (Å²) in [5.74, 6) is 4.38. The van der Waals surface area contributed by atoms with Crippen molar-refractivity contribution in [3.05, 3.63) is 29.6 Å². The van der Waals surface area contributed by atoms with Crippen LogP contribution in [0.1, 0.15) is 12.0 Å². The van der Waals surface area contributed by atoms with Crippen LogP contribution in [0.2, 0.25) is 0 Å². The molecular formula is C12H12FNO3S. The topological polar surface area (TPSA) is 57.6 Å². The third-order valence-electron chi connectivity index (χ3n) is 2.64. The molecule has 0 saturated carbocycles. The second kappa shape index (κ2) is 4.96. The first-order chi connectivity index (χ1) is 8.54. The van der Waals surface area contributed by atoms with Gasteiger partial charge in [0.1, 0.15) is 12.4 Å². The molecule has 1 aromatic carbocycles. The highest BCUT2D eigenvalue weighted by Gasteiger charge is 2.28. The summed E-state index contributed by atoms with van der Waals surface area (Å²) in [6, 6.07) is 3.99. The van der Waals surface area contributed by atoms with E-state index in [4.69, 9.17) is 5.11 Å². The normalized spacial score (nSPS) is 17.3. The van der Waals surface area contributed by atoms with Gasteiger partial charge in [-0.2, -0.15) is 0 Å². The van der Waals surface area contributed by atoms with Crippen molar-refractivity contribution in [1.29, 1.82) is 0 Å². The van der Waals surface area contributed by atoms with Crippen LogP contribution in [0, 0.1) is 17.7 Å². The molecule has 1 aromatic rings. The maximum Gasteiger partial charge on any atom is 0.235 e. The zero-order chi connectivity index (χ0) is 13.2. The van der Waals surface area contributed by atoms with Crippen LogP contribution in [0.15, 0.2) is 18.2 Å². The van der Waals surface area contributed by atoms with E-state index >= 15 is 0 Å². The molecule has 18 heavy (non-hydrogen) atoms. The number of hydrogen-bond acceptors (Lipinski definition) is 3. The summed E-state index contributed by atoms with van der Waals surface area (Å²) in [6.45, 7) is 0.0342. The van der Waals surface area contributed by atoms with Crippen molar-refractivity contribution in [1.82, 2.24) is 0 Å².